The highest BCUT2D eigenvalue weighted by molar-refractivity contribution is 5.96. The Morgan fingerprint density at radius 2 is 1.93 bits per heavy atom. The number of carbonyl (C=O) groups excluding carboxylic acids is 1. The Balaban J connectivity index is 2.77. The lowest BCUT2D eigenvalue weighted by molar-refractivity contribution is -0.118. The number of ketones is 1. The fraction of sp³-hybridized carbons (Fsp3) is 0.750. The molecule has 0 amide bonds. The molecule has 0 unspecified atom stereocenters. The van der Waals surface area contributed by atoms with E-state index in [0.717, 1.165) is 18.7 Å². The van der Waals surface area contributed by atoms with Gasteiger partial charge in [0.25, 0.3) is 0 Å². The van der Waals surface area contributed by atoms with E-state index in [0.29, 0.717) is 12.2 Å². The van der Waals surface area contributed by atoms with Crippen LogP contribution in [0.5, 0.6) is 0 Å². The highest BCUT2D eigenvalue weighted by Crippen LogP contribution is 2.21. The summed E-state index contributed by atoms with van der Waals surface area (Å²) in [6.45, 7) is 8.23. The maximum atomic E-state index is 11.7. The van der Waals surface area contributed by atoms with Crippen LogP contribution < -0.4 is 0 Å². The van der Waals surface area contributed by atoms with E-state index in [1.807, 2.05) is 25.2 Å². The van der Waals surface area contributed by atoms with E-state index < -0.39 is 0 Å². The first-order valence-electron chi connectivity index (χ1n) is 5.46. The third kappa shape index (κ3) is 3.34. The molecule has 0 aliphatic carbocycles. The molecule has 0 spiro atoms. The maximum Gasteiger partial charge on any atom is 0.162 e. The lowest BCUT2D eigenvalue weighted by Crippen LogP contribution is -2.47. The van der Waals surface area contributed by atoms with Crippen LogP contribution in [0.25, 0.3) is 0 Å². The van der Waals surface area contributed by atoms with Crippen molar-refractivity contribution in [1.29, 1.82) is 0 Å². The number of rotatable bonds is 1. The average molecular weight is 210 g/mol. The van der Waals surface area contributed by atoms with Crippen LogP contribution in [0.2, 0.25) is 0 Å². The van der Waals surface area contributed by atoms with E-state index in [2.05, 4.69) is 25.7 Å². The van der Waals surface area contributed by atoms with Gasteiger partial charge < -0.3 is 4.90 Å². The molecule has 0 saturated carbocycles. The van der Waals surface area contributed by atoms with E-state index in [4.69, 9.17) is 0 Å². The minimum Gasteiger partial charge on any atom is -0.383 e. The summed E-state index contributed by atoms with van der Waals surface area (Å²) >= 11 is 0. The summed E-state index contributed by atoms with van der Waals surface area (Å²) in [5, 5.41) is 0. The minimum atomic E-state index is 0.145. The summed E-state index contributed by atoms with van der Waals surface area (Å²) in [5.74, 6) is 0.296. The summed E-state index contributed by atoms with van der Waals surface area (Å²) in [5.41, 5.74) is 1.08. The Hall–Kier alpha value is -0.830. The summed E-state index contributed by atoms with van der Waals surface area (Å²) in [4.78, 5) is 16.0. The van der Waals surface area contributed by atoms with Gasteiger partial charge in [-0.05, 0) is 20.8 Å². The van der Waals surface area contributed by atoms with Crippen molar-refractivity contribution in [2.24, 2.45) is 0 Å². The fourth-order valence-electron chi connectivity index (χ4n) is 1.77. The van der Waals surface area contributed by atoms with Crippen molar-refractivity contribution in [2.45, 2.75) is 32.7 Å². The van der Waals surface area contributed by atoms with E-state index in [1.54, 1.807) is 0 Å². The smallest absolute Gasteiger partial charge is 0.162 e. The molecule has 1 aliphatic rings. The van der Waals surface area contributed by atoms with E-state index in [-0.39, 0.29) is 5.54 Å². The van der Waals surface area contributed by atoms with Gasteiger partial charge in [-0.15, -0.1) is 0 Å². The van der Waals surface area contributed by atoms with E-state index in [9.17, 15) is 4.79 Å². The molecule has 0 aromatic rings. The topological polar surface area (TPSA) is 23.6 Å². The molecule has 3 heteroatoms. The number of hydrogen-bond acceptors (Lipinski definition) is 3. The van der Waals surface area contributed by atoms with Crippen molar-refractivity contribution in [3.8, 4) is 0 Å². The molecule has 0 aromatic carbocycles. The first-order valence-corrected chi connectivity index (χ1v) is 5.46. The van der Waals surface area contributed by atoms with Crippen LogP contribution in [0.4, 0.5) is 0 Å². The summed E-state index contributed by atoms with van der Waals surface area (Å²) < 4.78 is 0. The molecule has 0 radical (unpaired) electrons. The standard InChI is InChI=1S/C12H22N2O/c1-12(2,3)14-7-6-11(15)10(9-14)8-13(4)5/h8H,6-7,9H2,1-5H3/b10-8+. The monoisotopic (exact) mass is 210 g/mol. The first-order chi connectivity index (χ1) is 6.80. The van der Waals surface area contributed by atoms with Crippen molar-refractivity contribution in [3.63, 3.8) is 0 Å². The molecule has 0 atom stereocenters. The van der Waals surface area contributed by atoms with Gasteiger partial charge in [0, 0.05) is 50.9 Å². The Labute approximate surface area is 92.7 Å². The van der Waals surface area contributed by atoms with E-state index in [1.165, 1.54) is 0 Å². The van der Waals surface area contributed by atoms with Crippen molar-refractivity contribution in [3.05, 3.63) is 11.8 Å². The van der Waals surface area contributed by atoms with Gasteiger partial charge in [0.1, 0.15) is 0 Å². The SMILES string of the molecule is CN(C)/C=C1\CN(C(C)(C)C)CCC1=O. The molecule has 86 valence electrons. The molecule has 0 aromatic heterocycles. The number of piperidine rings is 1. The van der Waals surface area contributed by atoms with Crippen LogP contribution >= 0.6 is 0 Å². The average Bonchev–Trinajstić information content (AvgIpc) is 2.06. The molecule has 1 fully saturated rings. The van der Waals surface area contributed by atoms with Gasteiger partial charge in [0.2, 0.25) is 0 Å². The van der Waals surface area contributed by atoms with Gasteiger partial charge in [-0.2, -0.15) is 0 Å². The largest absolute Gasteiger partial charge is 0.383 e. The Morgan fingerprint density at radius 3 is 2.40 bits per heavy atom. The molecule has 15 heavy (non-hydrogen) atoms. The zero-order valence-corrected chi connectivity index (χ0v) is 10.5. The first kappa shape index (κ1) is 12.2. The number of Topliss-reactive ketones (excluding diaryl/α,β-unsaturated/α-hetero) is 1. The van der Waals surface area contributed by atoms with Crippen molar-refractivity contribution in [2.75, 3.05) is 27.2 Å². The second-order valence-electron chi connectivity index (χ2n) is 5.38. The zero-order chi connectivity index (χ0) is 11.6. The van der Waals surface area contributed by atoms with Gasteiger partial charge in [0.15, 0.2) is 5.78 Å². The third-order valence-corrected chi connectivity index (χ3v) is 2.69. The van der Waals surface area contributed by atoms with Gasteiger partial charge >= 0.3 is 0 Å². The molecule has 1 aliphatic heterocycles. The highest BCUT2D eigenvalue weighted by Gasteiger charge is 2.28. The van der Waals surface area contributed by atoms with Crippen LogP contribution in [-0.4, -0.2) is 48.3 Å². The number of hydrogen-bond donors (Lipinski definition) is 0. The van der Waals surface area contributed by atoms with Gasteiger partial charge in [0.05, 0.1) is 0 Å². The minimum absolute atomic E-state index is 0.145. The Kier molecular flexibility index (Phi) is 3.55. The zero-order valence-electron chi connectivity index (χ0n) is 10.5. The fourth-order valence-corrected chi connectivity index (χ4v) is 1.77. The normalized spacial score (nSPS) is 22.2. The number of nitrogens with zero attached hydrogens (tertiary/aromatic N) is 2. The predicted octanol–water partition coefficient (Wildman–Crippen LogP) is 1.51. The maximum absolute atomic E-state index is 11.7. The molecule has 0 bridgehead atoms. The van der Waals surface area contributed by atoms with Crippen LogP contribution in [-0.2, 0) is 4.79 Å². The van der Waals surface area contributed by atoms with Crippen molar-refractivity contribution >= 4 is 5.78 Å². The van der Waals surface area contributed by atoms with Crippen LogP contribution in [0.1, 0.15) is 27.2 Å². The van der Waals surface area contributed by atoms with Crippen molar-refractivity contribution in [1.82, 2.24) is 9.80 Å². The molecular formula is C12H22N2O. The molecular weight excluding hydrogens is 188 g/mol. The summed E-state index contributed by atoms with van der Waals surface area (Å²) in [6.07, 6.45) is 2.59. The van der Waals surface area contributed by atoms with E-state index >= 15 is 0 Å². The van der Waals surface area contributed by atoms with Gasteiger partial charge in [-0.1, -0.05) is 0 Å². The van der Waals surface area contributed by atoms with Crippen molar-refractivity contribution < 1.29 is 4.79 Å². The second-order valence-corrected chi connectivity index (χ2v) is 5.38. The number of likely N-dealkylation sites (tertiary alicyclic amines) is 1. The van der Waals surface area contributed by atoms with Crippen LogP contribution in [0, 0.1) is 0 Å². The molecule has 1 heterocycles. The summed E-state index contributed by atoms with van der Waals surface area (Å²) in [6, 6.07) is 0. The van der Waals surface area contributed by atoms with Crippen LogP contribution in [0.15, 0.2) is 11.8 Å². The quantitative estimate of drug-likeness (QED) is 0.613. The molecule has 3 nitrogen and oxygen atoms in total. The lowest BCUT2D eigenvalue weighted by atomic mass is 9.97. The summed E-state index contributed by atoms with van der Waals surface area (Å²) in [7, 11) is 3.91. The lowest BCUT2D eigenvalue weighted by Gasteiger charge is -2.38. The van der Waals surface area contributed by atoms with Gasteiger partial charge in [-0.3, -0.25) is 9.69 Å². The molecule has 1 rings (SSSR count). The number of carbonyl (C=O) groups is 1. The van der Waals surface area contributed by atoms with Crippen LogP contribution in [0.3, 0.4) is 0 Å². The predicted molar refractivity (Wildman–Crippen MR) is 62.7 cm³/mol. The molecule has 1 saturated heterocycles. The van der Waals surface area contributed by atoms with Gasteiger partial charge in [-0.25, -0.2) is 0 Å². The second kappa shape index (κ2) is 4.35. The Morgan fingerprint density at radius 1 is 1.33 bits per heavy atom. The Bertz CT molecular complexity index is 274. The third-order valence-electron chi connectivity index (χ3n) is 2.69. The molecule has 0 N–H and O–H groups in total. The highest BCUT2D eigenvalue weighted by atomic mass is 16.1.